The van der Waals surface area contributed by atoms with Gasteiger partial charge in [-0.3, -0.25) is 9.36 Å². The van der Waals surface area contributed by atoms with Crippen LogP contribution < -0.4 is 33.8 Å². The molecule has 0 fully saturated rings. The molecule has 1 atom stereocenters. The molecule has 1 aliphatic rings. The predicted octanol–water partition coefficient (Wildman–Crippen LogP) is 5.56. The highest BCUT2D eigenvalue weighted by Gasteiger charge is 2.35. The van der Waals surface area contributed by atoms with Crippen LogP contribution in [0.3, 0.4) is 0 Å². The minimum absolute atomic E-state index is 0.177. The van der Waals surface area contributed by atoms with E-state index in [9.17, 15) is 9.59 Å². The molecule has 4 aromatic carbocycles. The molecule has 0 spiro atoms. The van der Waals surface area contributed by atoms with Crippen LogP contribution in [0.4, 0.5) is 0 Å². The molecule has 1 aliphatic heterocycles. The number of hydrogen-bond acceptors (Lipinski definition) is 9. The van der Waals surface area contributed by atoms with Crippen LogP contribution in [0.2, 0.25) is 0 Å². The first-order valence-corrected chi connectivity index (χ1v) is 15.9. The second kappa shape index (κ2) is 13.6. The van der Waals surface area contributed by atoms with Crippen LogP contribution in [0.25, 0.3) is 16.8 Å². The maximum Gasteiger partial charge on any atom is 0.338 e. The number of rotatable bonds is 10. The van der Waals surface area contributed by atoms with E-state index in [2.05, 4.69) is 23.2 Å². The number of aromatic nitrogens is 1. The molecule has 1 aromatic heterocycles. The topological polar surface area (TPSA) is 97.6 Å². The smallest absolute Gasteiger partial charge is 0.338 e. The van der Waals surface area contributed by atoms with Gasteiger partial charge in [-0.2, -0.15) is 0 Å². The molecule has 6 rings (SSSR count). The van der Waals surface area contributed by atoms with E-state index in [1.165, 1.54) is 23.0 Å². The van der Waals surface area contributed by atoms with E-state index < -0.39 is 12.0 Å². The number of carbonyl (C=O) groups excluding carboxylic acids is 1. The largest absolute Gasteiger partial charge is 0.497 e. The lowest BCUT2D eigenvalue weighted by Crippen LogP contribution is -2.40. The van der Waals surface area contributed by atoms with Gasteiger partial charge in [-0.05, 0) is 66.1 Å². The number of allylic oxidation sites excluding steroid dienone is 1. The van der Waals surface area contributed by atoms with Gasteiger partial charge in [-0.1, -0.05) is 59.9 Å². The second-order valence-corrected chi connectivity index (χ2v) is 11.8. The Bertz CT molecular complexity index is 2190. The SMILES string of the molecule is CCOC(=O)C1=C(C)N=c2s/c(=C\c3ccc(OCc4cccc5ccccc45)c(OC)c3)c(=O)n2[C@@H]1c1ccc(OC)cc1OC. The van der Waals surface area contributed by atoms with Gasteiger partial charge in [0.2, 0.25) is 0 Å². The minimum atomic E-state index is -0.826. The molecule has 10 heteroatoms. The van der Waals surface area contributed by atoms with Crippen molar-refractivity contribution in [3.63, 3.8) is 0 Å². The molecular formula is C37H34N2O7S. The molecule has 0 bridgehead atoms. The van der Waals surface area contributed by atoms with E-state index in [4.69, 9.17) is 23.7 Å². The van der Waals surface area contributed by atoms with Gasteiger partial charge in [0.1, 0.15) is 24.1 Å². The molecule has 5 aromatic rings. The maximum absolute atomic E-state index is 14.1. The summed E-state index contributed by atoms with van der Waals surface area (Å²) in [6.07, 6.45) is 1.78. The van der Waals surface area contributed by atoms with Crippen molar-refractivity contribution in [3.05, 3.63) is 127 Å². The van der Waals surface area contributed by atoms with Gasteiger partial charge >= 0.3 is 5.97 Å². The van der Waals surface area contributed by atoms with Gasteiger partial charge in [-0.15, -0.1) is 0 Å². The lowest BCUT2D eigenvalue weighted by Gasteiger charge is -2.26. The van der Waals surface area contributed by atoms with Crippen LogP contribution in [0.15, 0.2) is 99.9 Å². The fourth-order valence-electron chi connectivity index (χ4n) is 5.75. The summed E-state index contributed by atoms with van der Waals surface area (Å²) in [5.41, 5.74) is 2.84. The second-order valence-electron chi connectivity index (χ2n) is 10.7. The average Bonchev–Trinajstić information content (AvgIpc) is 3.40. The number of thiazole rings is 1. The lowest BCUT2D eigenvalue weighted by molar-refractivity contribution is -0.139. The van der Waals surface area contributed by atoms with Crippen LogP contribution in [0.5, 0.6) is 23.0 Å². The molecule has 0 saturated carbocycles. The quantitative estimate of drug-likeness (QED) is 0.183. The zero-order valence-corrected chi connectivity index (χ0v) is 27.6. The lowest BCUT2D eigenvalue weighted by atomic mass is 9.95. The van der Waals surface area contributed by atoms with Gasteiger partial charge in [0.15, 0.2) is 16.3 Å². The number of methoxy groups -OCH3 is 3. The van der Waals surface area contributed by atoms with Crippen molar-refractivity contribution >= 4 is 34.2 Å². The highest BCUT2D eigenvalue weighted by atomic mass is 32.1. The summed E-state index contributed by atoms with van der Waals surface area (Å²) in [6, 6.07) is 24.3. The van der Waals surface area contributed by atoms with Crippen LogP contribution >= 0.6 is 11.3 Å². The van der Waals surface area contributed by atoms with Crippen molar-refractivity contribution in [2.24, 2.45) is 4.99 Å². The molecule has 0 N–H and O–H groups in total. The first-order valence-electron chi connectivity index (χ1n) is 15.1. The Morgan fingerprint density at radius 3 is 2.47 bits per heavy atom. The van der Waals surface area contributed by atoms with E-state index in [1.54, 1.807) is 52.3 Å². The van der Waals surface area contributed by atoms with Gasteiger partial charge < -0.3 is 23.7 Å². The summed E-state index contributed by atoms with van der Waals surface area (Å²) in [5.74, 6) is 1.61. The third-order valence-corrected chi connectivity index (χ3v) is 8.98. The molecule has 0 amide bonds. The number of hydrogen-bond donors (Lipinski definition) is 0. The number of ether oxygens (including phenoxy) is 5. The monoisotopic (exact) mass is 650 g/mol. The summed E-state index contributed by atoms with van der Waals surface area (Å²) in [4.78, 5) is 32.6. The van der Waals surface area contributed by atoms with E-state index in [0.717, 1.165) is 21.9 Å². The highest BCUT2D eigenvalue weighted by Crippen LogP contribution is 2.38. The van der Waals surface area contributed by atoms with E-state index in [1.807, 2.05) is 42.5 Å². The van der Waals surface area contributed by atoms with Gasteiger partial charge in [-0.25, -0.2) is 9.79 Å². The summed E-state index contributed by atoms with van der Waals surface area (Å²) >= 11 is 1.24. The average molecular weight is 651 g/mol. The van der Waals surface area contributed by atoms with E-state index in [-0.39, 0.29) is 17.7 Å². The Hall–Kier alpha value is -5.35. The summed E-state index contributed by atoms with van der Waals surface area (Å²) in [6.45, 7) is 4.02. The van der Waals surface area contributed by atoms with Crippen LogP contribution in [-0.4, -0.2) is 38.5 Å². The predicted molar refractivity (Wildman–Crippen MR) is 181 cm³/mol. The first kappa shape index (κ1) is 31.6. The third kappa shape index (κ3) is 6.12. The molecule has 240 valence electrons. The van der Waals surface area contributed by atoms with Crippen LogP contribution in [-0.2, 0) is 16.1 Å². The van der Waals surface area contributed by atoms with Crippen molar-refractivity contribution in [3.8, 4) is 23.0 Å². The zero-order valence-electron chi connectivity index (χ0n) is 26.7. The number of esters is 1. The third-order valence-electron chi connectivity index (χ3n) is 8.00. The molecular weight excluding hydrogens is 616 g/mol. The van der Waals surface area contributed by atoms with Gasteiger partial charge in [0, 0.05) is 11.6 Å². The Labute approximate surface area is 275 Å². The van der Waals surface area contributed by atoms with Crippen molar-refractivity contribution in [1.29, 1.82) is 0 Å². The molecule has 0 unspecified atom stereocenters. The summed E-state index contributed by atoms with van der Waals surface area (Å²) in [7, 11) is 4.68. The molecule has 2 heterocycles. The van der Waals surface area contributed by atoms with Crippen molar-refractivity contribution in [1.82, 2.24) is 4.57 Å². The Morgan fingerprint density at radius 2 is 1.70 bits per heavy atom. The Kier molecular flexibility index (Phi) is 9.12. The molecule has 0 saturated heterocycles. The van der Waals surface area contributed by atoms with Gasteiger partial charge in [0.05, 0.1) is 43.7 Å². The minimum Gasteiger partial charge on any atom is -0.497 e. The van der Waals surface area contributed by atoms with E-state index in [0.29, 0.717) is 50.2 Å². The first-order chi connectivity index (χ1) is 22.9. The molecule has 0 aliphatic carbocycles. The number of nitrogens with zero attached hydrogens (tertiary/aromatic N) is 2. The standard InChI is InChI=1S/C37H34N2O7S/c1-6-45-36(41)33-22(2)38-37-39(34(33)28-16-15-26(42-3)20-30(28)43-4)35(40)32(47-37)19-23-14-17-29(31(18-23)44-5)46-21-25-12-9-11-24-10-7-8-13-27(24)25/h7-20,34H,6,21H2,1-5H3/b32-19-/t34-/m1/s1. The zero-order chi connectivity index (χ0) is 33.1. The number of carbonyl (C=O) groups is 1. The van der Waals surface area contributed by atoms with Crippen molar-refractivity contribution < 1.29 is 28.5 Å². The molecule has 9 nitrogen and oxygen atoms in total. The number of fused-ring (bicyclic) bond motifs is 2. The van der Waals surface area contributed by atoms with Crippen molar-refractivity contribution in [2.45, 2.75) is 26.5 Å². The van der Waals surface area contributed by atoms with Crippen LogP contribution in [0.1, 0.15) is 36.6 Å². The molecule has 47 heavy (non-hydrogen) atoms. The number of benzene rings is 4. The maximum atomic E-state index is 14.1. The molecule has 0 radical (unpaired) electrons. The fraction of sp³-hybridized carbons (Fsp3) is 0.216. The highest BCUT2D eigenvalue weighted by molar-refractivity contribution is 7.07. The van der Waals surface area contributed by atoms with E-state index >= 15 is 0 Å². The van der Waals surface area contributed by atoms with Crippen molar-refractivity contribution in [2.75, 3.05) is 27.9 Å². The van der Waals surface area contributed by atoms with Gasteiger partial charge in [0.25, 0.3) is 5.56 Å². The summed E-state index contributed by atoms with van der Waals surface area (Å²) < 4.78 is 30.3. The fourth-order valence-corrected chi connectivity index (χ4v) is 6.80. The van der Waals surface area contributed by atoms with Crippen LogP contribution in [0, 0.1) is 0 Å². The Morgan fingerprint density at radius 1 is 0.915 bits per heavy atom. The summed E-state index contributed by atoms with van der Waals surface area (Å²) in [5, 5.41) is 2.28. The Balaban J connectivity index is 1.39. The normalized spacial score (nSPS) is 14.4.